The number of imidazole rings is 1. The molecule has 104 valence electrons. The molecular formula is C14H15N3O3. The minimum absolute atomic E-state index is 0.0114. The van der Waals surface area contributed by atoms with E-state index < -0.39 is 0 Å². The van der Waals surface area contributed by atoms with E-state index in [-0.39, 0.29) is 12.7 Å². The molecule has 2 N–H and O–H groups in total. The first kappa shape index (κ1) is 12.5. The van der Waals surface area contributed by atoms with Gasteiger partial charge in [0.25, 0.3) is 0 Å². The summed E-state index contributed by atoms with van der Waals surface area (Å²) in [5, 5.41) is 2.88. The van der Waals surface area contributed by atoms with Crippen LogP contribution in [0.4, 0.5) is 0 Å². The molecule has 0 radical (unpaired) electrons. The summed E-state index contributed by atoms with van der Waals surface area (Å²) in [7, 11) is 0. The zero-order valence-corrected chi connectivity index (χ0v) is 10.9. The van der Waals surface area contributed by atoms with E-state index in [1.165, 1.54) is 0 Å². The molecule has 1 aromatic heterocycles. The second kappa shape index (κ2) is 5.64. The van der Waals surface area contributed by atoms with Crippen LogP contribution in [0.1, 0.15) is 17.7 Å². The molecule has 1 amide bonds. The summed E-state index contributed by atoms with van der Waals surface area (Å²) in [6.07, 6.45) is 4.44. The first-order valence-electron chi connectivity index (χ1n) is 6.44. The maximum Gasteiger partial charge on any atom is 0.231 e. The van der Waals surface area contributed by atoms with Crippen LogP contribution in [0.3, 0.4) is 0 Å². The molecule has 1 aliphatic heterocycles. The predicted molar refractivity (Wildman–Crippen MR) is 71.3 cm³/mol. The monoisotopic (exact) mass is 273 g/mol. The van der Waals surface area contributed by atoms with E-state index in [0.29, 0.717) is 19.4 Å². The summed E-state index contributed by atoms with van der Waals surface area (Å²) >= 11 is 0. The third kappa shape index (κ3) is 2.90. The normalized spacial score (nSPS) is 12.4. The van der Waals surface area contributed by atoms with Crippen molar-refractivity contribution in [1.82, 2.24) is 15.3 Å². The fourth-order valence-electron chi connectivity index (χ4n) is 2.01. The van der Waals surface area contributed by atoms with Crippen molar-refractivity contribution < 1.29 is 14.3 Å². The van der Waals surface area contributed by atoms with E-state index >= 15 is 0 Å². The lowest BCUT2D eigenvalue weighted by molar-refractivity contribution is -0.121. The molecule has 0 saturated heterocycles. The molecule has 0 unspecified atom stereocenters. The van der Waals surface area contributed by atoms with Crippen LogP contribution in [0.15, 0.2) is 30.7 Å². The number of hydrogen-bond donors (Lipinski definition) is 2. The second-order valence-corrected chi connectivity index (χ2v) is 4.54. The van der Waals surface area contributed by atoms with Gasteiger partial charge in [-0.05, 0) is 24.1 Å². The number of carbonyl (C=O) groups excluding carboxylic acids is 1. The Morgan fingerprint density at radius 3 is 3.10 bits per heavy atom. The molecule has 0 spiro atoms. The Hall–Kier alpha value is -2.50. The van der Waals surface area contributed by atoms with Crippen molar-refractivity contribution in [3.63, 3.8) is 0 Å². The van der Waals surface area contributed by atoms with Crippen molar-refractivity contribution in [3.8, 4) is 11.5 Å². The number of nitrogens with zero attached hydrogens (tertiary/aromatic N) is 1. The fourth-order valence-corrected chi connectivity index (χ4v) is 2.01. The van der Waals surface area contributed by atoms with Gasteiger partial charge in [0.15, 0.2) is 11.5 Å². The average molecular weight is 273 g/mol. The SMILES string of the molecule is O=C(CCc1cnc[nH]1)NCc1ccc2c(c1)OCO2. The molecule has 1 aliphatic rings. The van der Waals surface area contributed by atoms with E-state index in [1.54, 1.807) is 12.5 Å². The molecule has 20 heavy (non-hydrogen) atoms. The quantitative estimate of drug-likeness (QED) is 0.863. The van der Waals surface area contributed by atoms with Crippen LogP contribution in [0.2, 0.25) is 0 Å². The Balaban J connectivity index is 1.48. The molecular weight excluding hydrogens is 258 g/mol. The van der Waals surface area contributed by atoms with E-state index in [1.807, 2.05) is 18.2 Å². The highest BCUT2D eigenvalue weighted by molar-refractivity contribution is 5.76. The molecule has 0 fully saturated rings. The van der Waals surface area contributed by atoms with Gasteiger partial charge >= 0.3 is 0 Å². The number of hydrogen-bond acceptors (Lipinski definition) is 4. The van der Waals surface area contributed by atoms with Crippen molar-refractivity contribution in [1.29, 1.82) is 0 Å². The van der Waals surface area contributed by atoms with Crippen LogP contribution in [-0.4, -0.2) is 22.7 Å². The molecule has 0 bridgehead atoms. The maximum absolute atomic E-state index is 11.7. The summed E-state index contributed by atoms with van der Waals surface area (Å²) in [5.41, 5.74) is 1.95. The van der Waals surface area contributed by atoms with E-state index in [9.17, 15) is 4.79 Å². The minimum atomic E-state index is 0.0114. The number of benzene rings is 1. The van der Waals surface area contributed by atoms with E-state index in [4.69, 9.17) is 9.47 Å². The van der Waals surface area contributed by atoms with Gasteiger partial charge in [-0.3, -0.25) is 4.79 Å². The Kier molecular flexibility index (Phi) is 3.54. The van der Waals surface area contributed by atoms with Gasteiger partial charge in [-0.15, -0.1) is 0 Å². The number of aromatic nitrogens is 2. The molecule has 0 aliphatic carbocycles. The smallest absolute Gasteiger partial charge is 0.231 e. The molecule has 0 atom stereocenters. The molecule has 6 heteroatoms. The lowest BCUT2D eigenvalue weighted by Crippen LogP contribution is -2.23. The number of fused-ring (bicyclic) bond motifs is 1. The van der Waals surface area contributed by atoms with Crippen LogP contribution < -0.4 is 14.8 Å². The largest absolute Gasteiger partial charge is 0.454 e. The fraction of sp³-hybridized carbons (Fsp3) is 0.286. The number of aryl methyl sites for hydroxylation is 1. The predicted octanol–water partition coefficient (Wildman–Crippen LogP) is 1.39. The summed E-state index contributed by atoms with van der Waals surface area (Å²) in [6.45, 7) is 0.744. The number of aromatic amines is 1. The number of ether oxygens (including phenoxy) is 2. The maximum atomic E-state index is 11.7. The third-order valence-corrected chi connectivity index (χ3v) is 3.10. The van der Waals surface area contributed by atoms with Crippen LogP contribution in [0.25, 0.3) is 0 Å². The third-order valence-electron chi connectivity index (χ3n) is 3.10. The average Bonchev–Trinajstić information content (AvgIpc) is 3.13. The zero-order valence-electron chi connectivity index (χ0n) is 10.9. The lowest BCUT2D eigenvalue weighted by Gasteiger charge is -2.06. The number of carbonyl (C=O) groups is 1. The van der Waals surface area contributed by atoms with Crippen LogP contribution in [0.5, 0.6) is 11.5 Å². The number of rotatable bonds is 5. The van der Waals surface area contributed by atoms with E-state index in [0.717, 1.165) is 22.8 Å². The van der Waals surface area contributed by atoms with Crippen molar-refractivity contribution in [3.05, 3.63) is 42.0 Å². The Morgan fingerprint density at radius 2 is 2.25 bits per heavy atom. The summed E-state index contributed by atoms with van der Waals surface area (Å²) in [4.78, 5) is 18.6. The molecule has 2 aromatic rings. The first-order chi connectivity index (χ1) is 9.81. The number of nitrogens with one attached hydrogen (secondary N) is 2. The van der Waals surface area contributed by atoms with Crippen molar-refractivity contribution in [2.75, 3.05) is 6.79 Å². The first-order valence-corrected chi connectivity index (χ1v) is 6.44. The van der Waals surface area contributed by atoms with Gasteiger partial charge in [0.1, 0.15) is 0 Å². The number of H-pyrrole nitrogens is 1. The van der Waals surface area contributed by atoms with Crippen LogP contribution >= 0.6 is 0 Å². The molecule has 1 aromatic carbocycles. The highest BCUT2D eigenvalue weighted by atomic mass is 16.7. The van der Waals surface area contributed by atoms with Crippen molar-refractivity contribution >= 4 is 5.91 Å². The lowest BCUT2D eigenvalue weighted by atomic mass is 10.2. The van der Waals surface area contributed by atoms with Gasteiger partial charge in [0.05, 0.1) is 6.33 Å². The Bertz CT molecular complexity index is 596. The molecule has 3 rings (SSSR count). The summed E-state index contributed by atoms with van der Waals surface area (Å²) in [6, 6.07) is 5.66. The summed E-state index contributed by atoms with van der Waals surface area (Å²) in [5.74, 6) is 1.49. The topological polar surface area (TPSA) is 76.2 Å². The van der Waals surface area contributed by atoms with Gasteiger partial charge < -0.3 is 19.8 Å². The Morgan fingerprint density at radius 1 is 1.35 bits per heavy atom. The Labute approximate surface area is 116 Å². The van der Waals surface area contributed by atoms with Gasteiger partial charge in [-0.1, -0.05) is 6.07 Å². The zero-order chi connectivity index (χ0) is 13.8. The standard InChI is InChI=1S/C14H15N3O3/c18-14(4-2-11-7-15-8-17-11)16-6-10-1-3-12-13(5-10)20-9-19-12/h1,3,5,7-8H,2,4,6,9H2,(H,15,17)(H,16,18). The molecule has 2 heterocycles. The van der Waals surface area contributed by atoms with Crippen molar-refractivity contribution in [2.24, 2.45) is 0 Å². The van der Waals surface area contributed by atoms with Gasteiger partial charge in [-0.25, -0.2) is 4.98 Å². The van der Waals surface area contributed by atoms with E-state index in [2.05, 4.69) is 15.3 Å². The highest BCUT2D eigenvalue weighted by Crippen LogP contribution is 2.32. The summed E-state index contributed by atoms with van der Waals surface area (Å²) < 4.78 is 10.5. The number of amides is 1. The van der Waals surface area contributed by atoms with Gasteiger partial charge in [0, 0.05) is 24.9 Å². The van der Waals surface area contributed by atoms with Gasteiger partial charge in [-0.2, -0.15) is 0 Å². The highest BCUT2D eigenvalue weighted by Gasteiger charge is 2.13. The minimum Gasteiger partial charge on any atom is -0.454 e. The van der Waals surface area contributed by atoms with Crippen LogP contribution in [-0.2, 0) is 17.8 Å². The second-order valence-electron chi connectivity index (χ2n) is 4.54. The molecule has 6 nitrogen and oxygen atoms in total. The van der Waals surface area contributed by atoms with Crippen molar-refractivity contribution in [2.45, 2.75) is 19.4 Å². The van der Waals surface area contributed by atoms with Crippen LogP contribution in [0, 0.1) is 0 Å². The van der Waals surface area contributed by atoms with Gasteiger partial charge in [0.2, 0.25) is 12.7 Å². The molecule has 0 saturated carbocycles.